The molecule has 0 aliphatic heterocycles. The van der Waals surface area contributed by atoms with Gasteiger partial charge in [0.15, 0.2) is 5.82 Å². The average Bonchev–Trinajstić information content (AvgIpc) is 2.77. The molecule has 0 N–H and O–H groups in total. The number of hydrogen-bond acceptors (Lipinski definition) is 1. The van der Waals surface area contributed by atoms with Gasteiger partial charge < -0.3 is 4.74 Å². The number of fused-ring (bicyclic) bond motifs is 1. The average molecular weight is 534 g/mol. The second kappa shape index (κ2) is 9.80. The van der Waals surface area contributed by atoms with Crippen LogP contribution < -0.4 is 4.74 Å². The van der Waals surface area contributed by atoms with E-state index in [4.69, 9.17) is 0 Å². The van der Waals surface area contributed by atoms with Gasteiger partial charge in [0.1, 0.15) is 34.6 Å². The Morgan fingerprint density at radius 2 is 1.35 bits per heavy atom. The summed E-state index contributed by atoms with van der Waals surface area (Å²) in [7, 11) is 0. The van der Waals surface area contributed by atoms with Gasteiger partial charge in [-0.05, 0) is 54.0 Å². The second-order valence-electron chi connectivity index (χ2n) is 8.61. The molecule has 0 heterocycles. The lowest BCUT2D eigenvalue weighted by Crippen LogP contribution is -2.25. The molecule has 11 heteroatoms. The van der Waals surface area contributed by atoms with E-state index < -0.39 is 69.0 Å². The summed E-state index contributed by atoms with van der Waals surface area (Å²) in [6.45, 7) is 0. The maximum absolute atomic E-state index is 14.8. The van der Waals surface area contributed by atoms with E-state index in [0.717, 1.165) is 31.4 Å². The Morgan fingerprint density at radius 1 is 0.730 bits per heavy atom. The Labute approximate surface area is 204 Å². The molecular formula is C26H16F10O. The normalized spacial score (nSPS) is 15.0. The van der Waals surface area contributed by atoms with Crippen LogP contribution in [0.4, 0.5) is 43.9 Å². The van der Waals surface area contributed by atoms with E-state index >= 15 is 0 Å². The topological polar surface area (TPSA) is 9.23 Å². The van der Waals surface area contributed by atoms with Crippen LogP contribution in [0.2, 0.25) is 0 Å². The van der Waals surface area contributed by atoms with Gasteiger partial charge in [0.2, 0.25) is 0 Å². The van der Waals surface area contributed by atoms with Crippen LogP contribution in [0.25, 0.3) is 10.8 Å². The lowest BCUT2D eigenvalue weighted by Gasteiger charge is -2.24. The first kappa shape index (κ1) is 26.6. The molecule has 1 aliphatic carbocycles. The Kier molecular flexibility index (Phi) is 7.06. The van der Waals surface area contributed by atoms with Gasteiger partial charge in [-0.25, -0.2) is 22.0 Å². The zero-order valence-corrected chi connectivity index (χ0v) is 18.7. The number of halogens is 10. The van der Waals surface area contributed by atoms with Crippen molar-refractivity contribution in [2.24, 2.45) is 0 Å². The molecule has 1 nitrogen and oxygen atoms in total. The highest BCUT2D eigenvalue weighted by atomic mass is 19.4. The fraction of sp³-hybridized carbons (Fsp3) is 0.308. The Bertz CT molecular complexity index is 1390. The highest BCUT2D eigenvalue weighted by Crippen LogP contribution is 2.40. The summed E-state index contributed by atoms with van der Waals surface area (Å²) < 4.78 is 143. The molecule has 0 saturated heterocycles. The number of hydrogen-bond donors (Lipinski definition) is 0. The smallest absolute Gasteiger partial charge is 0.429 e. The van der Waals surface area contributed by atoms with Crippen molar-refractivity contribution >= 4 is 10.8 Å². The lowest BCUT2D eigenvalue weighted by atomic mass is 9.83. The number of ether oxygens (including phenoxy) is 1. The molecule has 0 spiro atoms. The molecule has 0 bridgehead atoms. The predicted octanol–water partition coefficient (Wildman–Crippen LogP) is 8.63. The third-order valence-electron chi connectivity index (χ3n) is 6.06. The SMILES string of the molecule is Fc1cc2cc(OC(F)(F)c3c(F)cc(C4CCCCC4)cc3F)cc(F)c2c(F)c1C#CC(F)(F)F. The number of benzene rings is 3. The lowest BCUT2D eigenvalue weighted by molar-refractivity contribution is -0.189. The van der Waals surface area contributed by atoms with Gasteiger partial charge in [-0.1, -0.05) is 25.2 Å². The monoisotopic (exact) mass is 534 g/mol. The summed E-state index contributed by atoms with van der Waals surface area (Å²) >= 11 is 0. The van der Waals surface area contributed by atoms with Crippen LogP contribution in [0.15, 0.2) is 30.3 Å². The summed E-state index contributed by atoms with van der Waals surface area (Å²) in [5, 5.41) is -1.75. The van der Waals surface area contributed by atoms with E-state index in [1.54, 1.807) is 0 Å². The molecule has 3 aromatic carbocycles. The first-order valence-corrected chi connectivity index (χ1v) is 11.0. The van der Waals surface area contributed by atoms with E-state index in [2.05, 4.69) is 4.74 Å². The van der Waals surface area contributed by atoms with Crippen LogP contribution in [0.5, 0.6) is 5.75 Å². The van der Waals surface area contributed by atoms with Gasteiger partial charge in [-0.2, -0.15) is 22.0 Å². The van der Waals surface area contributed by atoms with Gasteiger partial charge in [-0.15, -0.1) is 0 Å². The van der Waals surface area contributed by atoms with Gasteiger partial charge in [0, 0.05) is 12.0 Å². The fourth-order valence-electron chi connectivity index (χ4n) is 4.43. The largest absolute Gasteiger partial charge is 0.458 e. The van der Waals surface area contributed by atoms with Crippen LogP contribution in [0.1, 0.15) is 54.7 Å². The summed E-state index contributed by atoms with van der Waals surface area (Å²) in [6, 6.07) is 2.73. The summed E-state index contributed by atoms with van der Waals surface area (Å²) in [5.41, 5.74) is -2.89. The van der Waals surface area contributed by atoms with Gasteiger partial charge >= 0.3 is 12.3 Å². The van der Waals surface area contributed by atoms with Crippen LogP contribution in [0.3, 0.4) is 0 Å². The van der Waals surface area contributed by atoms with Crippen LogP contribution in [-0.2, 0) is 6.11 Å². The molecule has 0 atom stereocenters. The van der Waals surface area contributed by atoms with Crippen molar-refractivity contribution < 1.29 is 48.6 Å². The minimum absolute atomic E-state index is 0.188. The van der Waals surface area contributed by atoms with Gasteiger partial charge in [0.05, 0.1) is 10.9 Å². The molecule has 196 valence electrons. The van der Waals surface area contributed by atoms with Crippen molar-refractivity contribution in [1.29, 1.82) is 0 Å². The maximum Gasteiger partial charge on any atom is 0.458 e. The minimum atomic E-state index is -5.09. The van der Waals surface area contributed by atoms with Crippen molar-refractivity contribution in [1.82, 2.24) is 0 Å². The van der Waals surface area contributed by atoms with E-state index in [9.17, 15) is 43.9 Å². The number of rotatable bonds is 4. The molecular weight excluding hydrogens is 518 g/mol. The zero-order chi connectivity index (χ0) is 27.1. The highest BCUT2D eigenvalue weighted by molar-refractivity contribution is 5.87. The van der Waals surface area contributed by atoms with E-state index in [1.165, 1.54) is 5.92 Å². The Balaban J connectivity index is 1.70. The first-order chi connectivity index (χ1) is 17.3. The molecule has 37 heavy (non-hydrogen) atoms. The van der Waals surface area contributed by atoms with Gasteiger partial charge in [0.25, 0.3) is 0 Å². The first-order valence-electron chi connectivity index (χ1n) is 11.0. The molecule has 0 unspecified atom stereocenters. The van der Waals surface area contributed by atoms with E-state index in [-0.39, 0.29) is 17.5 Å². The van der Waals surface area contributed by atoms with Crippen molar-refractivity contribution in [3.05, 3.63) is 76.1 Å². The van der Waals surface area contributed by atoms with Gasteiger partial charge in [-0.3, -0.25) is 0 Å². The molecule has 3 aromatic rings. The molecule has 1 fully saturated rings. The molecule has 4 rings (SSSR count). The van der Waals surface area contributed by atoms with Crippen molar-refractivity contribution in [2.45, 2.75) is 50.3 Å². The predicted molar refractivity (Wildman–Crippen MR) is 113 cm³/mol. The van der Waals surface area contributed by atoms with E-state index in [0.29, 0.717) is 30.9 Å². The third kappa shape index (κ3) is 5.63. The fourth-order valence-corrected chi connectivity index (χ4v) is 4.43. The standard InChI is InChI=1S/C26H16F10O/c27-18-11-15-8-16(12-19(28)22(15)24(31)17(18)6-7-25(32,33)34)37-26(35,36)23-20(29)9-14(10-21(23)30)13-4-2-1-3-5-13/h8-13H,1-5H2. The Morgan fingerprint density at radius 3 is 1.95 bits per heavy atom. The van der Waals surface area contributed by atoms with Crippen molar-refractivity contribution in [3.8, 4) is 17.6 Å². The maximum atomic E-state index is 14.8. The van der Waals surface area contributed by atoms with Crippen LogP contribution >= 0.6 is 0 Å². The molecule has 1 aliphatic rings. The summed E-state index contributed by atoms with van der Waals surface area (Å²) in [4.78, 5) is 0. The third-order valence-corrected chi connectivity index (χ3v) is 6.06. The minimum Gasteiger partial charge on any atom is -0.429 e. The molecule has 0 amide bonds. The van der Waals surface area contributed by atoms with Crippen molar-refractivity contribution in [3.63, 3.8) is 0 Å². The number of alkyl halides is 5. The molecule has 0 radical (unpaired) electrons. The summed E-state index contributed by atoms with van der Waals surface area (Å²) in [6.07, 6.45) is -5.82. The Hall–Kier alpha value is -3.42. The molecule has 0 aromatic heterocycles. The summed E-state index contributed by atoms with van der Waals surface area (Å²) in [5.74, 6) is -7.55. The quantitative estimate of drug-likeness (QED) is 0.241. The van der Waals surface area contributed by atoms with E-state index in [1.807, 2.05) is 0 Å². The second-order valence-corrected chi connectivity index (χ2v) is 8.61. The molecule has 1 saturated carbocycles. The highest BCUT2D eigenvalue weighted by Gasteiger charge is 2.42. The van der Waals surface area contributed by atoms with Crippen LogP contribution in [0, 0.1) is 40.9 Å². The zero-order valence-electron chi connectivity index (χ0n) is 18.7. The van der Waals surface area contributed by atoms with Crippen molar-refractivity contribution in [2.75, 3.05) is 0 Å². The van der Waals surface area contributed by atoms with Crippen LogP contribution in [-0.4, -0.2) is 6.18 Å².